The number of nitrogens with one attached hydrogen (secondary N) is 2. The molecule has 1 aromatic rings. The molecule has 0 heterocycles. The second-order valence-electron chi connectivity index (χ2n) is 3.20. The van der Waals surface area contributed by atoms with Gasteiger partial charge >= 0.3 is 5.97 Å². The molecule has 1 unspecified atom stereocenters. The highest BCUT2D eigenvalue weighted by atomic mass is 35.5. The van der Waals surface area contributed by atoms with Crippen LogP contribution in [-0.4, -0.2) is 23.0 Å². The van der Waals surface area contributed by atoms with E-state index in [9.17, 15) is 4.79 Å². The van der Waals surface area contributed by atoms with Crippen molar-refractivity contribution in [3.63, 3.8) is 0 Å². The fourth-order valence-corrected chi connectivity index (χ4v) is 1.06. The third-order valence-corrected chi connectivity index (χ3v) is 1.95. The number of nitrogen functional groups attached to an aromatic ring is 1. The number of carboxylic acid groups (broad SMARTS) is 1. The summed E-state index contributed by atoms with van der Waals surface area (Å²) in [6.07, 6.45) is 0. The molecular formula is C10H14ClN3O2. The van der Waals surface area contributed by atoms with Gasteiger partial charge in [-0.2, -0.15) is 0 Å². The van der Waals surface area contributed by atoms with Gasteiger partial charge in [0, 0.05) is 11.3 Å². The zero-order chi connectivity index (χ0) is 11.4. The molecular weight excluding hydrogens is 230 g/mol. The van der Waals surface area contributed by atoms with Crippen LogP contribution in [0.4, 0.5) is 5.69 Å². The number of benzene rings is 1. The quantitative estimate of drug-likeness (QED) is 0.473. The summed E-state index contributed by atoms with van der Waals surface area (Å²) in [5.74, 6) is -0.918. The maximum Gasteiger partial charge on any atom is 0.325 e. The van der Waals surface area contributed by atoms with Crippen LogP contribution in [0.5, 0.6) is 0 Å². The van der Waals surface area contributed by atoms with Crippen LogP contribution in [0.2, 0.25) is 0 Å². The van der Waals surface area contributed by atoms with Crippen molar-refractivity contribution in [2.75, 3.05) is 5.32 Å². The monoisotopic (exact) mass is 243 g/mol. The van der Waals surface area contributed by atoms with Crippen LogP contribution < -0.4 is 11.1 Å². The molecule has 0 saturated carbocycles. The van der Waals surface area contributed by atoms with Gasteiger partial charge < -0.3 is 16.2 Å². The third-order valence-electron chi connectivity index (χ3n) is 1.95. The van der Waals surface area contributed by atoms with Crippen molar-refractivity contribution in [1.29, 1.82) is 5.41 Å². The van der Waals surface area contributed by atoms with Crippen LogP contribution in [-0.2, 0) is 4.79 Å². The minimum Gasteiger partial charge on any atom is -0.480 e. The van der Waals surface area contributed by atoms with Crippen LogP contribution in [0.15, 0.2) is 24.3 Å². The molecule has 0 aliphatic carbocycles. The van der Waals surface area contributed by atoms with Crippen molar-refractivity contribution in [2.24, 2.45) is 5.73 Å². The standard InChI is InChI=1S/C10H13N3O2.ClH/c1-6(10(14)15)13-8-4-2-7(3-5-8)9(11)12;/h2-6,13H,1H3,(H3,11,12)(H,14,15);1H. The highest BCUT2D eigenvalue weighted by Crippen LogP contribution is 2.10. The number of halogens is 1. The van der Waals surface area contributed by atoms with E-state index in [-0.39, 0.29) is 18.2 Å². The van der Waals surface area contributed by atoms with Crippen molar-refractivity contribution >= 4 is 29.9 Å². The van der Waals surface area contributed by atoms with Crippen LogP contribution in [0.3, 0.4) is 0 Å². The Morgan fingerprint density at radius 1 is 1.44 bits per heavy atom. The van der Waals surface area contributed by atoms with E-state index >= 15 is 0 Å². The maximum atomic E-state index is 10.6. The number of hydrogen-bond donors (Lipinski definition) is 4. The lowest BCUT2D eigenvalue weighted by Crippen LogP contribution is -2.25. The van der Waals surface area contributed by atoms with Crippen molar-refractivity contribution in [3.8, 4) is 0 Å². The fourth-order valence-electron chi connectivity index (χ4n) is 1.06. The number of rotatable bonds is 4. The van der Waals surface area contributed by atoms with Gasteiger partial charge in [-0.3, -0.25) is 10.2 Å². The lowest BCUT2D eigenvalue weighted by molar-refractivity contribution is -0.137. The van der Waals surface area contributed by atoms with E-state index in [1.54, 1.807) is 31.2 Å². The summed E-state index contributed by atoms with van der Waals surface area (Å²) in [6, 6.07) is 6.07. The molecule has 0 aromatic heterocycles. The highest BCUT2D eigenvalue weighted by molar-refractivity contribution is 5.95. The number of anilines is 1. The van der Waals surface area contributed by atoms with Gasteiger partial charge in [-0.1, -0.05) is 0 Å². The van der Waals surface area contributed by atoms with Crippen LogP contribution >= 0.6 is 12.4 Å². The molecule has 5 N–H and O–H groups in total. The molecule has 0 spiro atoms. The highest BCUT2D eigenvalue weighted by Gasteiger charge is 2.09. The van der Waals surface area contributed by atoms with E-state index in [1.165, 1.54) is 0 Å². The number of carboxylic acids is 1. The fraction of sp³-hybridized carbons (Fsp3) is 0.200. The first kappa shape index (κ1) is 14.2. The van der Waals surface area contributed by atoms with E-state index in [4.69, 9.17) is 16.2 Å². The molecule has 0 bridgehead atoms. The lowest BCUT2D eigenvalue weighted by Gasteiger charge is -2.10. The van der Waals surface area contributed by atoms with Crippen LogP contribution in [0, 0.1) is 5.41 Å². The average Bonchev–Trinajstić information content (AvgIpc) is 2.18. The van der Waals surface area contributed by atoms with Crippen molar-refractivity contribution in [1.82, 2.24) is 0 Å². The van der Waals surface area contributed by atoms with Crippen molar-refractivity contribution in [3.05, 3.63) is 29.8 Å². The largest absolute Gasteiger partial charge is 0.480 e. The predicted octanol–water partition coefficient (Wildman–Crippen LogP) is 1.28. The van der Waals surface area contributed by atoms with E-state index in [0.717, 1.165) is 0 Å². The second-order valence-corrected chi connectivity index (χ2v) is 3.20. The number of hydrogen-bond acceptors (Lipinski definition) is 3. The maximum absolute atomic E-state index is 10.6. The molecule has 1 rings (SSSR count). The normalized spacial score (nSPS) is 11.1. The van der Waals surface area contributed by atoms with Gasteiger partial charge in [0.25, 0.3) is 0 Å². The van der Waals surface area contributed by atoms with E-state index in [2.05, 4.69) is 5.32 Å². The summed E-state index contributed by atoms with van der Waals surface area (Å²) in [5, 5.41) is 18.6. The van der Waals surface area contributed by atoms with Gasteiger partial charge in [-0.15, -0.1) is 12.4 Å². The Morgan fingerprint density at radius 2 is 1.94 bits per heavy atom. The lowest BCUT2D eigenvalue weighted by atomic mass is 10.2. The Kier molecular flexibility index (Phi) is 5.32. The van der Waals surface area contributed by atoms with Crippen LogP contribution in [0.1, 0.15) is 12.5 Å². The second kappa shape index (κ2) is 5.97. The summed E-state index contributed by atoms with van der Waals surface area (Å²) < 4.78 is 0. The van der Waals surface area contributed by atoms with Gasteiger partial charge in [-0.25, -0.2) is 0 Å². The van der Waals surface area contributed by atoms with E-state index in [0.29, 0.717) is 11.3 Å². The summed E-state index contributed by atoms with van der Waals surface area (Å²) in [7, 11) is 0. The molecule has 1 aromatic carbocycles. The molecule has 0 saturated heterocycles. The Morgan fingerprint density at radius 3 is 2.31 bits per heavy atom. The minimum atomic E-state index is -0.911. The Hall–Kier alpha value is -1.75. The number of nitrogens with two attached hydrogens (primary N) is 1. The molecule has 16 heavy (non-hydrogen) atoms. The summed E-state index contributed by atoms with van der Waals surface area (Å²) in [6.45, 7) is 1.56. The number of amidine groups is 1. The molecule has 0 radical (unpaired) electrons. The Bertz CT molecular complexity index is 378. The zero-order valence-electron chi connectivity index (χ0n) is 8.73. The topological polar surface area (TPSA) is 99.2 Å². The van der Waals surface area contributed by atoms with Gasteiger partial charge in [0.2, 0.25) is 0 Å². The van der Waals surface area contributed by atoms with Gasteiger partial charge in [0.1, 0.15) is 11.9 Å². The van der Waals surface area contributed by atoms with Crippen LogP contribution in [0.25, 0.3) is 0 Å². The molecule has 0 aliphatic heterocycles. The minimum absolute atomic E-state index is 0. The molecule has 0 fully saturated rings. The first-order valence-corrected chi connectivity index (χ1v) is 4.44. The van der Waals surface area contributed by atoms with Crippen molar-refractivity contribution < 1.29 is 9.90 Å². The zero-order valence-corrected chi connectivity index (χ0v) is 9.54. The molecule has 88 valence electrons. The number of aliphatic carboxylic acids is 1. The molecule has 0 amide bonds. The molecule has 1 atom stereocenters. The SMILES string of the molecule is CC(Nc1ccc(C(=N)N)cc1)C(=O)O.Cl. The molecule has 6 heteroatoms. The summed E-state index contributed by atoms with van der Waals surface area (Å²) >= 11 is 0. The van der Waals surface area contributed by atoms with Crippen molar-refractivity contribution in [2.45, 2.75) is 13.0 Å². The summed E-state index contributed by atoms with van der Waals surface area (Å²) in [4.78, 5) is 10.6. The Labute approximate surface area is 99.6 Å². The smallest absolute Gasteiger partial charge is 0.325 e. The Balaban J connectivity index is 0.00000225. The van der Waals surface area contributed by atoms with E-state index in [1.807, 2.05) is 0 Å². The first-order chi connectivity index (χ1) is 7.00. The first-order valence-electron chi connectivity index (χ1n) is 4.44. The predicted molar refractivity (Wildman–Crippen MR) is 65.4 cm³/mol. The van der Waals surface area contributed by atoms with Gasteiger partial charge in [-0.05, 0) is 31.2 Å². The van der Waals surface area contributed by atoms with Gasteiger partial charge in [0.05, 0.1) is 0 Å². The van der Waals surface area contributed by atoms with E-state index < -0.39 is 12.0 Å². The molecule has 0 aliphatic rings. The number of carbonyl (C=O) groups is 1. The summed E-state index contributed by atoms with van der Waals surface area (Å²) in [5.41, 5.74) is 6.59. The third kappa shape index (κ3) is 3.78. The molecule has 5 nitrogen and oxygen atoms in total. The van der Waals surface area contributed by atoms with Gasteiger partial charge in [0.15, 0.2) is 0 Å². The average molecular weight is 244 g/mol.